The molecule has 224 valence electrons. The van der Waals surface area contributed by atoms with Crippen molar-refractivity contribution < 1.29 is 40.7 Å². The standard InChI is InChI=1S/C28H29F3N4O6S/c1-18-17-34(12-13-35(18)42(38,39)22-11-7-10-21(16-22)28(29,30)31)26(36)24-23(27(37)41-15-14-40-3)19(2)32-25(33-24)20-8-5-4-6-9-20/h4-11,16,18H,12-15,17H2,1-3H3. The van der Waals surface area contributed by atoms with Gasteiger partial charge in [-0.1, -0.05) is 36.4 Å². The Bertz CT molecular complexity index is 1570. The lowest BCUT2D eigenvalue weighted by atomic mass is 10.1. The summed E-state index contributed by atoms with van der Waals surface area (Å²) in [4.78, 5) is 36.5. The molecule has 0 saturated carbocycles. The van der Waals surface area contributed by atoms with Crippen molar-refractivity contribution in [3.8, 4) is 11.4 Å². The first-order valence-corrected chi connectivity index (χ1v) is 14.4. The number of benzene rings is 2. The molecule has 42 heavy (non-hydrogen) atoms. The zero-order valence-electron chi connectivity index (χ0n) is 23.1. The van der Waals surface area contributed by atoms with Crippen molar-refractivity contribution in [2.75, 3.05) is 40.0 Å². The average Bonchev–Trinajstić information content (AvgIpc) is 2.96. The Morgan fingerprint density at radius 2 is 1.74 bits per heavy atom. The number of esters is 1. The highest BCUT2D eigenvalue weighted by Gasteiger charge is 2.38. The number of carbonyl (C=O) groups is 2. The highest BCUT2D eigenvalue weighted by Crippen LogP contribution is 2.32. The minimum absolute atomic E-state index is 0.0635. The average molecular weight is 607 g/mol. The maximum absolute atomic E-state index is 13.8. The van der Waals surface area contributed by atoms with Crippen molar-refractivity contribution in [3.05, 3.63) is 77.1 Å². The fourth-order valence-electron chi connectivity index (χ4n) is 4.58. The molecule has 1 fully saturated rings. The molecule has 0 spiro atoms. The van der Waals surface area contributed by atoms with Crippen LogP contribution < -0.4 is 0 Å². The first-order chi connectivity index (χ1) is 19.8. The molecule has 1 aliphatic rings. The van der Waals surface area contributed by atoms with E-state index in [9.17, 15) is 31.2 Å². The van der Waals surface area contributed by atoms with Crippen molar-refractivity contribution in [1.82, 2.24) is 19.2 Å². The number of amides is 1. The molecule has 0 aliphatic carbocycles. The number of rotatable bonds is 8. The summed E-state index contributed by atoms with van der Waals surface area (Å²) in [7, 11) is -2.86. The summed E-state index contributed by atoms with van der Waals surface area (Å²) in [5.41, 5.74) is -0.580. The molecule has 1 unspecified atom stereocenters. The number of hydrogen-bond acceptors (Lipinski definition) is 8. The van der Waals surface area contributed by atoms with Crippen LogP contribution in [0.25, 0.3) is 11.4 Å². The summed E-state index contributed by atoms with van der Waals surface area (Å²) >= 11 is 0. The van der Waals surface area contributed by atoms with E-state index >= 15 is 0 Å². The van der Waals surface area contributed by atoms with Gasteiger partial charge in [-0.05, 0) is 32.0 Å². The number of aromatic nitrogens is 2. The lowest BCUT2D eigenvalue weighted by molar-refractivity contribution is -0.137. The Labute approximate surface area is 241 Å². The molecule has 0 bridgehead atoms. The zero-order chi connectivity index (χ0) is 30.7. The largest absolute Gasteiger partial charge is 0.460 e. The monoisotopic (exact) mass is 606 g/mol. The van der Waals surface area contributed by atoms with Gasteiger partial charge < -0.3 is 14.4 Å². The van der Waals surface area contributed by atoms with Crippen LogP contribution in [0.15, 0.2) is 59.5 Å². The van der Waals surface area contributed by atoms with Crippen LogP contribution in [0.2, 0.25) is 0 Å². The minimum Gasteiger partial charge on any atom is -0.460 e. The molecule has 1 aromatic heterocycles. The van der Waals surface area contributed by atoms with Gasteiger partial charge in [0.2, 0.25) is 10.0 Å². The molecule has 0 radical (unpaired) electrons. The molecule has 3 aromatic rings. The molecule has 1 amide bonds. The first kappa shape index (κ1) is 31.1. The van der Waals surface area contributed by atoms with Crippen LogP contribution in [0.4, 0.5) is 13.2 Å². The van der Waals surface area contributed by atoms with Gasteiger partial charge in [0.25, 0.3) is 5.91 Å². The lowest BCUT2D eigenvalue weighted by Gasteiger charge is -2.39. The maximum atomic E-state index is 13.8. The fourth-order valence-corrected chi connectivity index (χ4v) is 6.24. The van der Waals surface area contributed by atoms with Gasteiger partial charge in [0.15, 0.2) is 5.82 Å². The molecule has 2 aromatic carbocycles. The topological polar surface area (TPSA) is 119 Å². The predicted octanol–water partition coefficient (Wildman–Crippen LogP) is 3.81. The number of alkyl halides is 3. The summed E-state index contributed by atoms with van der Waals surface area (Å²) < 4.78 is 77.5. The highest BCUT2D eigenvalue weighted by molar-refractivity contribution is 7.89. The molecular weight excluding hydrogens is 577 g/mol. The van der Waals surface area contributed by atoms with Gasteiger partial charge >= 0.3 is 12.1 Å². The SMILES string of the molecule is COCCOC(=O)c1c(C)nc(-c2ccccc2)nc1C(=O)N1CCN(S(=O)(=O)c2cccc(C(F)(F)F)c2)C(C)C1. The second-order valence-corrected chi connectivity index (χ2v) is 11.5. The van der Waals surface area contributed by atoms with E-state index in [1.165, 1.54) is 12.0 Å². The number of hydrogen-bond donors (Lipinski definition) is 0. The second kappa shape index (κ2) is 12.5. The Morgan fingerprint density at radius 3 is 2.38 bits per heavy atom. The predicted molar refractivity (Wildman–Crippen MR) is 145 cm³/mol. The third-order valence-electron chi connectivity index (χ3n) is 6.67. The van der Waals surface area contributed by atoms with Gasteiger partial charge in [0, 0.05) is 38.3 Å². The lowest BCUT2D eigenvalue weighted by Crippen LogP contribution is -2.55. The molecule has 1 saturated heterocycles. The summed E-state index contributed by atoms with van der Waals surface area (Å²) in [5.74, 6) is -1.24. The molecule has 4 rings (SSSR count). The van der Waals surface area contributed by atoms with Crippen molar-refractivity contribution in [3.63, 3.8) is 0 Å². The normalized spacial score (nSPS) is 16.3. The first-order valence-electron chi connectivity index (χ1n) is 12.9. The number of aryl methyl sites for hydroxylation is 1. The van der Waals surface area contributed by atoms with Gasteiger partial charge in [-0.15, -0.1) is 0 Å². The van der Waals surface area contributed by atoms with E-state index in [1.807, 2.05) is 0 Å². The van der Waals surface area contributed by atoms with E-state index in [-0.39, 0.29) is 55.6 Å². The molecule has 2 heterocycles. The van der Waals surface area contributed by atoms with Crippen LogP contribution >= 0.6 is 0 Å². The molecule has 14 heteroatoms. The Kier molecular flexibility index (Phi) is 9.28. The summed E-state index contributed by atoms with van der Waals surface area (Å²) in [5, 5.41) is 0. The third kappa shape index (κ3) is 6.61. The number of halogens is 3. The van der Waals surface area contributed by atoms with Crippen LogP contribution in [0, 0.1) is 6.92 Å². The Morgan fingerprint density at radius 1 is 1.02 bits per heavy atom. The van der Waals surface area contributed by atoms with Gasteiger partial charge in [-0.2, -0.15) is 17.5 Å². The molecule has 1 aliphatic heterocycles. The van der Waals surface area contributed by atoms with E-state index in [4.69, 9.17) is 9.47 Å². The number of piperazine rings is 1. The van der Waals surface area contributed by atoms with Crippen LogP contribution in [0.5, 0.6) is 0 Å². The number of sulfonamides is 1. The van der Waals surface area contributed by atoms with Crippen LogP contribution in [0.1, 0.15) is 39.0 Å². The smallest absolute Gasteiger partial charge is 0.416 e. The van der Waals surface area contributed by atoms with Crippen LogP contribution in [0.3, 0.4) is 0 Å². The number of carbonyl (C=O) groups excluding carboxylic acids is 2. The molecule has 10 nitrogen and oxygen atoms in total. The summed E-state index contributed by atoms with van der Waals surface area (Å²) in [6, 6.07) is 11.6. The van der Waals surface area contributed by atoms with E-state index in [0.29, 0.717) is 11.6 Å². The highest BCUT2D eigenvalue weighted by atomic mass is 32.2. The summed E-state index contributed by atoms with van der Waals surface area (Å²) in [6.45, 7) is 2.80. The van der Waals surface area contributed by atoms with Gasteiger partial charge in [-0.3, -0.25) is 4.79 Å². The van der Waals surface area contributed by atoms with Gasteiger partial charge in [-0.25, -0.2) is 23.2 Å². The fraction of sp³-hybridized carbons (Fsp3) is 0.357. The van der Waals surface area contributed by atoms with E-state index in [0.717, 1.165) is 22.5 Å². The third-order valence-corrected chi connectivity index (χ3v) is 8.68. The van der Waals surface area contributed by atoms with E-state index in [2.05, 4.69) is 9.97 Å². The van der Waals surface area contributed by atoms with E-state index in [1.54, 1.807) is 44.2 Å². The maximum Gasteiger partial charge on any atom is 0.416 e. The summed E-state index contributed by atoms with van der Waals surface area (Å²) in [6.07, 6.45) is -4.71. The van der Waals surface area contributed by atoms with Gasteiger partial charge in [0.05, 0.1) is 22.8 Å². The van der Waals surface area contributed by atoms with Crippen LogP contribution in [-0.4, -0.2) is 85.5 Å². The minimum atomic E-state index is -4.71. The van der Waals surface area contributed by atoms with Gasteiger partial charge in [0.1, 0.15) is 17.9 Å². The quantitative estimate of drug-likeness (QED) is 0.281. The van der Waals surface area contributed by atoms with Crippen molar-refractivity contribution >= 4 is 21.9 Å². The van der Waals surface area contributed by atoms with Crippen molar-refractivity contribution in [2.24, 2.45) is 0 Å². The van der Waals surface area contributed by atoms with Crippen molar-refractivity contribution in [2.45, 2.75) is 31.0 Å². The number of methoxy groups -OCH3 is 1. The van der Waals surface area contributed by atoms with E-state index < -0.39 is 44.6 Å². The Hall–Kier alpha value is -3.88. The molecule has 0 N–H and O–H groups in total. The molecule has 1 atom stereocenters. The number of ether oxygens (including phenoxy) is 2. The second-order valence-electron chi connectivity index (χ2n) is 9.59. The molecular formula is C28H29F3N4O6S. The van der Waals surface area contributed by atoms with Crippen molar-refractivity contribution in [1.29, 1.82) is 0 Å². The van der Waals surface area contributed by atoms with Crippen LogP contribution in [-0.2, 0) is 25.7 Å². The Balaban J connectivity index is 1.63. The zero-order valence-corrected chi connectivity index (χ0v) is 23.9. The number of nitrogens with zero attached hydrogens (tertiary/aromatic N) is 4.